The number of esters is 1. The molecule has 0 unspecified atom stereocenters. The van der Waals surface area contributed by atoms with Gasteiger partial charge in [0.1, 0.15) is 6.61 Å². The van der Waals surface area contributed by atoms with E-state index in [1.54, 1.807) is 0 Å². The van der Waals surface area contributed by atoms with Crippen LogP contribution in [0.5, 0.6) is 0 Å². The summed E-state index contributed by atoms with van der Waals surface area (Å²) < 4.78 is 15.6. The van der Waals surface area contributed by atoms with Crippen molar-refractivity contribution in [3.63, 3.8) is 0 Å². The van der Waals surface area contributed by atoms with Gasteiger partial charge < -0.3 is 13.8 Å². The van der Waals surface area contributed by atoms with E-state index in [1.165, 1.54) is 11.4 Å². The summed E-state index contributed by atoms with van der Waals surface area (Å²) in [6.45, 7) is 8.38. The predicted molar refractivity (Wildman–Crippen MR) is 71.2 cm³/mol. The molecule has 0 rings (SSSR count). The molecule has 0 saturated carbocycles. The van der Waals surface area contributed by atoms with Gasteiger partial charge in [-0.3, -0.25) is 0 Å². The van der Waals surface area contributed by atoms with Crippen molar-refractivity contribution in [1.29, 1.82) is 0 Å². The van der Waals surface area contributed by atoms with Gasteiger partial charge in [-0.2, -0.15) is 0 Å². The van der Waals surface area contributed by atoms with Gasteiger partial charge >= 0.3 is 5.97 Å². The van der Waals surface area contributed by atoms with Crippen LogP contribution in [-0.2, 0) is 30.4 Å². The second-order valence-corrected chi connectivity index (χ2v) is 8.92. The molecular formula is C9H17O4PS2. The Labute approximate surface area is 106 Å². The average molecular weight is 284 g/mol. The Morgan fingerprint density at radius 1 is 1.44 bits per heavy atom. The first-order valence-electron chi connectivity index (χ1n) is 4.90. The average Bonchev–Trinajstić information content (AvgIpc) is 2.25. The second-order valence-electron chi connectivity index (χ2n) is 2.49. The lowest BCUT2D eigenvalue weighted by molar-refractivity contribution is -0.137. The van der Waals surface area contributed by atoms with Gasteiger partial charge in [-0.25, -0.2) is 4.79 Å². The van der Waals surface area contributed by atoms with Crippen LogP contribution in [0, 0.1) is 0 Å². The van der Waals surface area contributed by atoms with Crippen molar-refractivity contribution in [1.82, 2.24) is 0 Å². The minimum atomic E-state index is -2.25. The van der Waals surface area contributed by atoms with Crippen LogP contribution in [0.2, 0.25) is 0 Å². The van der Waals surface area contributed by atoms with E-state index in [0.29, 0.717) is 19.0 Å². The normalized spacial score (nSPS) is 11.1. The van der Waals surface area contributed by atoms with Crippen LogP contribution in [0.1, 0.15) is 13.8 Å². The molecule has 0 aliphatic carbocycles. The standard InChI is InChI=1S/C9H17O4PS2/c1-4-9(10)11-7-8-16-14(15,12-5-2)13-6-3/h4H,1,5-8H2,2-3H3. The fraction of sp³-hybridized carbons (Fsp3) is 0.667. The Bertz CT molecular complexity index is 260. The summed E-state index contributed by atoms with van der Waals surface area (Å²) in [5.74, 6) is 0.137. The Morgan fingerprint density at radius 3 is 2.44 bits per heavy atom. The van der Waals surface area contributed by atoms with Crippen LogP contribution in [-0.4, -0.2) is 31.5 Å². The van der Waals surface area contributed by atoms with Gasteiger partial charge in [-0.1, -0.05) is 18.0 Å². The van der Waals surface area contributed by atoms with Gasteiger partial charge in [0.15, 0.2) is 0 Å². The summed E-state index contributed by atoms with van der Waals surface area (Å²) >= 11 is 6.67. The molecule has 0 heterocycles. The van der Waals surface area contributed by atoms with E-state index in [0.717, 1.165) is 6.08 Å². The van der Waals surface area contributed by atoms with Crippen molar-refractivity contribution in [2.75, 3.05) is 25.6 Å². The zero-order valence-electron chi connectivity index (χ0n) is 9.51. The van der Waals surface area contributed by atoms with Crippen LogP contribution in [0.25, 0.3) is 0 Å². The maximum absolute atomic E-state index is 10.8. The molecule has 0 aromatic heterocycles. The third kappa shape index (κ3) is 7.41. The van der Waals surface area contributed by atoms with Gasteiger partial charge in [-0.05, 0) is 25.7 Å². The molecule has 0 saturated heterocycles. The summed E-state index contributed by atoms with van der Waals surface area (Å²) in [7, 11) is 0. The summed E-state index contributed by atoms with van der Waals surface area (Å²) in [4.78, 5) is 10.8. The SMILES string of the molecule is C=CC(=O)OCCSP(=S)(OCC)OCC. The molecule has 0 spiro atoms. The number of carbonyl (C=O) groups is 1. The first kappa shape index (κ1) is 16.1. The molecule has 0 amide bonds. The van der Waals surface area contributed by atoms with E-state index >= 15 is 0 Å². The quantitative estimate of drug-likeness (QED) is 0.281. The van der Waals surface area contributed by atoms with Gasteiger partial charge in [-0.15, -0.1) is 0 Å². The van der Waals surface area contributed by atoms with Gasteiger partial charge in [0.05, 0.1) is 13.2 Å². The topological polar surface area (TPSA) is 44.8 Å². The molecule has 94 valence electrons. The number of carbonyl (C=O) groups excluding carboxylic acids is 1. The third-order valence-corrected chi connectivity index (χ3v) is 6.84. The van der Waals surface area contributed by atoms with Crippen molar-refractivity contribution in [3.05, 3.63) is 12.7 Å². The number of ether oxygens (including phenoxy) is 1. The highest BCUT2D eigenvalue weighted by Crippen LogP contribution is 2.60. The molecule has 0 N–H and O–H groups in total. The van der Waals surface area contributed by atoms with Crippen molar-refractivity contribution < 1.29 is 18.6 Å². The van der Waals surface area contributed by atoms with E-state index < -0.39 is 11.7 Å². The smallest absolute Gasteiger partial charge is 0.330 e. The fourth-order valence-corrected chi connectivity index (χ4v) is 5.29. The van der Waals surface area contributed by atoms with Gasteiger partial charge in [0.2, 0.25) is 5.69 Å². The summed E-state index contributed by atoms with van der Waals surface area (Å²) in [5, 5.41) is 0. The van der Waals surface area contributed by atoms with E-state index in [1.807, 2.05) is 13.8 Å². The van der Waals surface area contributed by atoms with Gasteiger partial charge in [0.25, 0.3) is 0 Å². The first-order chi connectivity index (χ1) is 7.58. The van der Waals surface area contributed by atoms with Gasteiger partial charge in [0, 0.05) is 11.8 Å². The first-order valence-corrected chi connectivity index (χ1v) is 9.13. The van der Waals surface area contributed by atoms with E-state index in [2.05, 4.69) is 6.58 Å². The maximum Gasteiger partial charge on any atom is 0.330 e. The zero-order chi connectivity index (χ0) is 12.4. The molecule has 0 fully saturated rings. The van der Waals surface area contributed by atoms with Crippen LogP contribution in [0.3, 0.4) is 0 Å². The number of hydrogen-bond donors (Lipinski definition) is 0. The number of hydrogen-bond acceptors (Lipinski definition) is 6. The molecule has 0 bridgehead atoms. The molecule has 16 heavy (non-hydrogen) atoms. The van der Waals surface area contributed by atoms with Crippen molar-refractivity contribution in [3.8, 4) is 0 Å². The monoisotopic (exact) mass is 284 g/mol. The van der Waals surface area contributed by atoms with Crippen LogP contribution in [0.4, 0.5) is 0 Å². The van der Waals surface area contributed by atoms with Crippen LogP contribution >= 0.6 is 17.1 Å². The minimum Gasteiger partial charge on any atom is -0.462 e. The molecule has 0 aromatic carbocycles. The fourth-order valence-electron chi connectivity index (χ4n) is 0.778. The minimum absolute atomic E-state index is 0.286. The maximum atomic E-state index is 10.8. The molecule has 0 atom stereocenters. The third-order valence-electron chi connectivity index (χ3n) is 1.32. The highest BCUT2D eigenvalue weighted by molar-refractivity contribution is 8.67. The Morgan fingerprint density at radius 2 is 2.00 bits per heavy atom. The van der Waals surface area contributed by atoms with E-state index in [4.69, 9.17) is 25.6 Å². The van der Waals surface area contributed by atoms with Crippen molar-refractivity contribution in [2.45, 2.75) is 13.8 Å². The molecule has 0 radical (unpaired) electrons. The molecule has 0 aromatic rings. The molecule has 0 aliphatic rings. The number of rotatable bonds is 9. The van der Waals surface area contributed by atoms with E-state index in [9.17, 15) is 4.79 Å². The van der Waals surface area contributed by atoms with Crippen molar-refractivity contribution in [2.24, 2.45) is 0 Å². The lowest BCUT2D eigenvalue weighted by atomic mass is 10.6. The lowest BCUT2D eigenvalue weighted by Crippen LogP contribution is -2.04. The Hall–Kier alpha value is 0.130. The second kappa shape index (κ2) is 9.19. The molecule has 4 nitrogen and oxygen atoms in total. The highest BCUT2D eigenvalue weighted by atomic mass is 32.9. The molecule has 7 heteroatoms. The Balaban J connectivity index is 3.89. The largest absolute Gasteiger partial charge is 0.462 e. The van der Waals surface area contributed by atoms with Crippen LogP contribution in [0.15, 0.2) is 12.7 Å². The highest BCUT2D eigenvalue weighted by Gasteiger charge is 2.18. The summed E-state index contributed by atoms with van der Waals surface area (Å²) in [6, 6.07) is 0. The zero-order valence-corrected chi connectivity index (χ0v) is 12.0. The Kier molecular flexibility index (Phi) is 9.26. The van der Waals surface area contributed by atoms with Crippen molar-refractivity contribution >= 4 is 34.9 Å². The predicted octanol–water partition coefficient (Wildman–Crippen LogP) is 2.75. The molecular weight excluding hydrogens is 267 g/mol. The van der Waals surface area contributed by atoms with E-state index in [-0.39, 0.29) is 6.61 Å². The summed E-state index contributed by atoms with van der Waals surface area (Å²) in [5.41, 5.74) is -2.25. The molecule has 0 aliphatic heterocycles. The summed E-state index contributed by atoms with van der Waals surface area (Å²) in [6.07, 6.45) is 1.13. The lowest BCUT2D eigenvalue weighted by Gasteiger charge is -2.19. The van der Waals surface area contributed by atoms with Crippen LogP contribution < -0.4 is 0 Å².